The van der Waals surface area contributed by atoms with Gasteiger partial charge >= 0.3 is 0 Å². The Labute approximate surface area is 123 Å². The highest BCUT2D eigenvalue weighted by Crippen LogP contribution is 2.08. The van der Waals surface area contributed by atoms with Crippen molar-refractivity contribution in [3.8, 4) is 0 Å². The molecule has 0 spiro atoms. The standard InChI is InChI=1S/C16H15ClN2O/c17-12-16(20)19-18-15(14-9-5-2-6-10-14)11-13-7-3-1-4-8-13/h1-10H,11-12H2,(H,19,20)/b18-15+. The first-order valence-electron chi connectivity index (χ1n) is 6.30. The van der Waals surface area contributed by atoms with E-state index in [9.17, 15) is 4.79 Å². The molecule has 0 aromatic heterocycles. The summed E-state index contributed by atoms with van der Waals surface area (Å²) >= 11 is 5.46. The topological polar surface area (TPSA) is 41.5 Å². The van der Waals surface area contributed by atoms with Gasteiger partial charge in [-0.3, -0.25) is 4.79 Å². The van der Waals surface area contributed by atoms with Gasteiger partial charge in [0.05, 0.1) is 5.71 Å². The molecule has 0 heterocycles. The number of alkyl halides is 1. The van der Waals surface area contributed by atoms with E-state index in [1.165, 1.54) is 0 Å². The van der Waals surface area contributed by atoms with Crippen LogP contribution in [0.5, 0.6) is 0 Å². The number of halogens is 1. The van der Waals surface area contributed by atoms with Crippen molar-refractivity contribution in [3.05, 3.63) is 71.8 Å². The molecule has 0 aliphatic heterocycles. The van der Waals surface area contributed by atoms with Gasteiger partial charge in [0.25, 0.3) is 5.91 Å². The molecule has 0 saturated carbocycles. The zero-order valence-corrected chi connectivity index (χ0v) is 11.7. The Balaban J connectivity index is 2.23. The number of hydrogen-bond acceptors (Lipinski definition) is 2. The molecule has 2 aromatic rings. The van der Waals surface area contributed by atoms with Gasteiger partial charge in [-0.15, -0.1) is 11.6 Å². The van der Waals surface area contributed by atoms with Crippen molar-refractivity contribution in [2.75, 3.05) is 5.88 Å². The largest absolute Gasteiger partial charge is 0.272 e. The Morgan fingerprint density at radius 1 is 1.00 bits per heavy atom. The number of benzene rings is 2. The lowest BCUT2D eigenvalue weighted by molar-refractivity contribution is -0.118. The molecule has 20 heavy (non-hydrogen) atoms. The minimum Gasteiger partial charge on any atom is -0.272 e. The predicted molar refractivity (Wildman–Crippen MR) is 82.0 cm³/mol. The van der Waals surface area contributed by atoms with Crippen LogP contribution in [0.15, 0.2) is 65.8 Å². The van der Waals surface area contributed by atoms with Crippen LogP contribution < -0.4 is 5.43 Å². The number of nitrogens with zero attached hydrogens (tertiary/aromatic N) is 1. The Morgan fingerprint density at radius 3 is 2.20 bits per heavy atom. The van der Waals surface area contributed by atoms with Gasteiger partial charge in [-0.1, -0.05) is 60.7 Å². The first-order chi connectivity index (χ1) is 9.79. The second-order valence-electron chi connectivity index (χ2n) is 4.26. The highest BCUT2D eigenvalue weighted by atomic mass is 35.5. The molecule has 0 radical (unpaired) electrons. The Bertz CT molecular complexity index is 582. The fourth-order valence-electron chi connectivity index (χ4n) is 1.79. The molecule has 1 amide bonds. The summed E-state index contributed by atoms with van der Waals surface area (Å²) in [4.78, 5) is 11.2. The van der Waals surface area contributed by atoms with Crippen LogP contribution in [-0.2, 0) is 11.2 Å². The molecule has 1 N–H and O–H groups in total. The van der Waals surface area contributed by atoms with Crippen LogP contribution in [0.1, 0.15) is 11.1 Å². The summed E-state index contributed by atoms with van der Waals surface area (Å²) in [5, 5.41) is 4.19. The summed E-state index contributed by atoms with van der Waals surface area (Å²) in [6.45, 7) is 0. The summed E-state index contributed by atoms with van der Waals surface area (Å²) in [5.41, 5.74) is 5.38. The van der Waals surface area contributed by atoms with Crippen LogP contribution in [0, 0.1) is 0 Å². The van der Waals surface area contributed by atoms with Gasteiger partial charge in [-0.2, -0.15) is 5.10 Å². The quantitative estimate of drug-likeness (QED) is 0.512. The van der Waals surface area contributed by atoms with E-state index in [2.05, 4.69) is 10.5 Å². The van der Waals surface area contributed by atoms with Crippen molar-refractivity contribution in [1.29, 1.82) is 0 Å². The molecule has 0 bridgehead atoms. The predicted octanol–water partition coefficient (Wildman–Crippen LogP) is 2.99. The Morgan fingerprint density at radius 2 is 1.60 bits per heavy atom. The van der Waals surface area contributed by atoms with E-state index in [4.69, 9.17) is 11.6 Å². The van der Waals surface area contributed by atoms with Crippen LogP contribution in [0.4, 0.5) is 0 Å². The molecular weight excluding hydrogens is 272 g/mol. The van der Waals surface area contributed by atoms with Gasteiger partial charge in [0.15, 0.2) is 0 Å². The zero-order valence-electron chi connectivity index (χ0n) is 10.9. The van der Waals surface area contributed by atoms with Crippen molar-refractivity contribution >= 4 is 23.2 Å². The number of amides is 1. The summed E-state index contributed by atoms with van der Waals surface area (Å²) < 4.78 is 0. The number of rotatable bonds is 5. The minimum absolute atomic E-state index is 0.100. The van der Waals surface area contributed by atoms with Gasteiger partial charge in [0.2, 0.25) is 0 Å². The van der Waals surface area contributed by atoms with E-state index >= 15 is 0 Å². The lowest BCUT2D eigenvalue weighted by atomic mass is 10.0. The first kappa shape index (κ1) is 14.3. The average Bonchev–Trinajstić information content (AvgIpc) is 2.53. The van der Waals surface area contributed by atoms with E-state index < -0.39 is 0 Å². The van der Waals surface area contributed by atoms with Crippen LogP contribution in [0.3, 0.4) is 0 Å². The van der Waals surface area contributed by atoms with E-state index in [1.54, 1.807) is 0 Å². The lowest BCUT2D eigenvalue weighted by Gasteiger charge is -2.07. The molecule has 0 unspecified atom stereocenters. The van der Waals surface area contributed by atoms with Crippen molar-refractivity contribution < 1.29 is 4.79 Å². The summed E-state index contributed by atoms with van der Waals surface area (Å²) in [5.74, 6) is -0.412. The lowest BCUT2D eigenvalue weighted by Crippen LogP contribution is -2.21. The summed E-state index contributed by atoms with van der Waals surface area (Å²) in [6, 6.07) is 19.8. The second-order valence-corrected chi connectivity index (χ2v) is 4.52. The third-order valence-corrected chi connectivity index (χ3v) is 3.00. The third-order valence-electron chi connectivity index (χ3n) is 2.76. The number of hydrazone groups is 1. The third kappa shape index (κ3) is 4.21. The zero-order chi connectivity index (χ0) is 14.2. The van der Waals surface area contributed by atoms with E-state index in [0.29, 0.717) is 6.42 Å². The Kier molecular flexibility index (Phi) is 5.33. The number of nitrogens with one attached hydrogen (secondary N) is 1. The SMILES string of the molecule is O=C(CCl)N/N=C(\Cc1ccccc1)c1ccccc1. The van der Waals surface area contributed by atoms with Gasteiger partial charge in [-0.05, 0) is 11.1 Å². The van der Waals surface area contributed by atoms with Crippen molar-refractivity contribution in [3.63, 3.8) is 0 Å². The highest BCUT2D eigenvalue weighted by molar-refractivity contribution is 6.27. The molecule has 0 saturated heterocycles. The molecule has 2 aromatic carbocycles. The van der Waals surface area contributed by atoms with Gasteiger partial charge in [0, 0.05) is 6.42 Å². The normalized spacial score (nSPS) is 11.2. The van der Waals surface area contributed by atoms with Crippen LogP contribution in [0.2, 0.25) is 0 Å². The van der Waals surface area contributed by atoms with E-state index in [1.807, 2.05) is 60.7 Å². The van der Waals surface area contributed by atoms with Crippen LogP contribution in [-0.4, -0.2) is 17.5 Å². The number of hydrogen-bond donors (Lipinski definition) is 1. The maximum Gasteiger partial charge on any atom is 0.254 e. The molecular formula is C16H15ClN2O. The maximum absolute atomic E-state index is 11.2. The number of carbonyl (C=O) groups is 1. The molecule has 102 valence electrons. The van der Waals surface area contributed by atoms with Crippen molar-refractivity contribution in [1.82, 2.24) is 5.43 Å². The molecule has 4 heteroatoms. The molecule has 0 fully saturated rings. The monoisotopic (exact) mass is 286 g/mol. The number of carbonyl (C=O) groups excluding carboxylic acids is 1. The van der Waals surface area contributed by atoms with Gasteiger partial charge < -0.3 is 0 Å². The fourth-order valence-corrected chi connectivity index (χ4v) is 1.85. The highest BCUT2D eigenvalue weighted by Gasteiger charge is 2.06. The van der Waals surface area contributed by atoms with E-state index in [-0.39, 0.29) is 11.8 Å². The smallest absolute Gasteiger partial charge is 0.254 e. The average molecular weight is 287 g/mol. The minimum atomic E-state index is -0.312. The maximum atomic E-state index is 11.2. The molecule has 3 nitrogen and oxygen atoms in total. The second kappa shape index (κ2) is 7.46. The molecule has 0 aliphatic carbocycles. The molecule has 0 atom stereocenters. The van der Waals surface area contributed by atoms with Gasteiger partial charge in [-0.25, -0.2) is 5.43 Å². The van der Waals surface area contributed by atoms with Crippen LogP contribution in [0.25, 0.3) is 0 Å². The summed E-state index contributed by atoms with van der Waals surface area (Å²) in [7, 11) is 0. The fraction of sp³-hybridized carbons (Fsp3) is 0.125. The first-order valence-corrected chi connectivity index (χ1v) is 6.84. The summed E-state index contributed by atoms with van der Waals surface area (Å²) in [6.07, 6.45) is 0.646. The van der Waals surface area contributed by atoms with Crippen molar-refractivity contribution in [2.24, 2.45) is 5.10 Å². The molecule has 2 rings (SSSR count). The molecule has 0 aliphatic rings. The van der Waals surface area contributed by atoms with Crippen LogP contribution >= 0.6 is 11.6 Å². The van der Waals surface area contributed by atoms with Crippen molar-refractivity contribution in [2.45, 2.75) is 6.42 Å². The van der Waals surface area contributed by atoms with Gasteiger partial charge in [0.1, 0.15) is 5.88 Å². The Hall–Kier alpha value is -2.13. The van der Waals surface area contributed by atoms with E-state index in [0.717, 1.165) is 16.8 Å².